The number of carbonyl (C=O) groups excluding carboxylic acids is 1. The van der Waals surface area contributed by atoms with E-state index < -0.39 is 0 Å². The van der Waals surface area contributed by atoms with Gasteiger partial charge in [-0.15, -0.1) is 0 Å². The number of carbonyl (C=O) groups is 1. The molecule has 7 heteroatoms. The average molecular weight is 332 g/mol. The molecular weight excluding hydrogens is 308 g/mol. The van der Waals surface area contributed by atoms with E-state index in [4.69, 9.17) is 8.83 Å². The van der Waals surface area contributed by atoms with Crippen molar-refractivity contribution in [2.45, 2.75) is 39.7 Å². The highest BCUT2D eigenvalue weighted by atomic mass is 16.4. The number of rotatable bonds is 3. The first-order valence-electron chi connectivity index (χ1n) is 8.21. The van der Waals surface area contributed by atoms with Crippen LogP contribution >= 0.6 is 0 Å². The summed E-state index contributed by atoms with van der Waals surface area (Å²) in [5.74, 6) is 1.62. The van der Waals surface area contributed by atoms with Gasteiger partial charge in [0, 0.05) is 38.1 Å². The lowest BCUT2D eigenvalue weighted by atomic mass is 9.94. The van der Waals surface area contributed by atoms with Crippen LogP contribution in [-0.4, -0.2) is 51.9 Å². The zero-order chi connectivity index (χ0) is 17.3. The molecule has 0 bridgehead atoms. The van der Waals surface area contributed by atoms with E-state index in [9.17, 15) is 4.79 Å². The Labute approximate surface area is 141 Å². The van der Waals surface area contributed by atoms with Gasteiger partial charge in [0.25, 0.3) is 5.89 Å². The molecule has 130 valence electrons. The minimum Gasteiger partial charge on any atom is -0.448 e. The van der Waals surface area contributed by atoms with Crippen LogP contribution in [0.1, 0.15) is 48.7 Å². The van der Waals surface area contributed by atoms with Crippen LogP contribution in [0.5, 0.6) is 0 Å². The third kappa shape index (κ3) is 3.51. The summed E-state index contributed by atoms with van der Waals surface area (Å²) in [4.78, 5) is 25.0. The van der Waals surface area contributed by atoms with Crippen LogP contribution in [0.3, 0.4) is 0 Å². The lowest BCUT2D eigenvalue weighted by Crippen LogP contribution is -2.48. The summed E-state index contributed by atoms with van der Waals surface area (Å²) in [6, 6.07) is 0. The Morgan fingerprint density at radius 1 is 1.21 bits per heavy atom. The molecule has 1 aliphatic heterocycles. The smallest absolute Gasteiger partial charge is 0.309 e. The van der Waals surface area contributed by atoms with Gasteiger partial charge >= 0.3 is 5.91 Å². The monoisotopic (exact) mass is 332 g/mol. The molecule has 0 aliphatic carbocycles. The molecule has 2 aromatic heterocycles. The van der Waals surface area contributed by atoms with Gasteiger partial charge in [-0.25, -0.2) is 9.97 Å². The maximum atomic E-state index is 12.5. The summed E-state index contributed by atoms with van der Waals surface area (Å²) in [7, 11) is 0. The van der Waals surface area contributed by atoms with Crippen molar-refractivity contribution in [3.63, 3.8) is 0 Å². The van der Waals surface area contributed by atoms with Crippen molar-refractivity contribution >= 4 is 5.91 Å². The van der Waals surface area contributed by atoms with Crippen molar-refractivity contribution in [1.29, 1.82) is 0 Å². The van der Waals surface area contributed by atoms with Crippen molar-refractivity contribution in [3.8, 4) is 0 Å². The van der Waals surface area contributed by atoms with Crippen molar-refractivity contribution in [2.24, 2.45) is 0 Å². The van der Waals surface area contributed by atoms with Crippen LogP contribution in [-0.2, 0) is 12.0 Å². The number of oxazole rings is 2. The van der Waals surface area contributed by atoms with Crippen molar-refractivity contribution in [3.05, 3.63) is 35.7 Å². The fourth-order valence-electron chi connectivity index (χ4n) is 2.66. The lowest BCUT2D eigenvalue weighted by molar-refractivity contribution is 0.0585. The highest BCUT2D eigenvalue weighted by molar-refractivity contribution is 5.89. The second-order valence-electron chi connectivity index (χ2n) is 7.20. The first kappa shape index (κ1) is 16.7. The lowest BCUT2D eigenvalue weighted by Gasteiger charge is -2.33. The SMILES string of the molecule is Cc1ocnc1CN1CCN(C(=O)c2ncc(C(C)(C)C)o2)CC1. The third-order valence-corrected chi connectivity index (χ3v) is 4.31. The number of hydrogen-bond donors (Lipinski definition) is 0. The van der Waals surface area contributed by atoms with Crippen LogP contribution in [0, 0.1) is 6.92 Å². The zero-order valence-electron chi connectivity index (χ0n) is 14.7. The average Bonchev–Trinajstić information content (AvgIpc) is 3.17. The molecule has 3 heterocycles. The predicted octanol–water partition coefficient (Wildman–Crippen LogP) is 2.23. The Morgan fingerprint density at radius 2 is 1.92 bits per heavy atom. The first-order valence-corrected chi connectivity index (χ1v) is 8.21. The number of amides is 1. The van der Waals surface area contributed by atoms with Gasteiger partial charge in [0.1, 0.15) is 11.5 Å². The van der Waals surface area contributed by atoms with Crippen LogP contribution in [0.25, 0.3) is 0 Å². The van der Waals surface area contributed by atoms with E-state index >= 15 is 0 Å². The maximum Gasteiger partial charge on any atom is 0.309 e. The molecule has 7 nitrogen and oxygen atoms in total. The highest BCUT2D eigenvalue weighted by Gasteiger charge is 2.28. The van der Waals surface area contributed by atoms with Crippen LogP contribution in [0.4, 0.5) is 0 Å². The van der Waals surface area contributed by atoms with Crippen molar-refractivity contribution in [2.75, 3.05) is 26.2 Å². The molecule has 1 saturated heterocycles. The number of piperazine rings is 1. The third-order valence-electron chi connectivity index (χ3n) is 4.31. The quantitative estimate of drug-likeness (QED) is 0.858. The van der Waals surface area contributed by atoms with Crippen LogP contribution in [0.2, 0.25) is 0 Å². The molecule has 0 unspecified atom stereocenters. The molecule has 0 N–H and O–H groups in total. The van der Waals surface area contributed by atoms with Gasteiger partial charge in [-0.2, -0.15) is 0 Å². The van der Waals surface area contributed by atoms with E-state index in [2.05, 4.69) is 14.9 Å². The number of aryl methyl sites for hydroxylation is 1. The van der Waals surface area contributed by atoms with Crippen LogP contribution in [0.15, 0.2) is 21.4 Å². The van der Waals surface area contributed by atoms with E-state index in [1.165, 1.54) is 6.39 Å². The molecule has 0 saturated carbocycles. The summed E-state index contributed by atoms with van der Waals surface area (Å²) >= 11 is 0. The molecule has 0 radical (unpaired) electrons. The van der Waals surface area contributed by atoms with E-state index in [0.29, 0.717) is 13.1 Å². The Morgan fingerprint density at radius 3 is 2.46 bits per heavy atom. The standard InChI is InChI=1S/C17H24N4O3/c1-12-13(19-11-23-12)10-20-5-7-21(8-6-20)16(22)15-18-9-14(24-15)17(2,3)4/h9,11H,5-8,10H2,1-4H3. The minimum atomic E-state index is -0.153. The summed E-state index contributed by atoms with van der Waals surface area (Å²) in [6.45, 7) is 11.7. The maximum absolute atomic E-state index is 12.5. The van der Waals surface area contributed by atoms with Gasteiger partial charge in [-0.1, -0.05) is 20.8 Å². The topological polar surface area (TPSA) is 75.6 Å². The Bertz CT molecular complexity index is 705. The van der Waals surface area contributed by atoms with Gasteiger partial charge in [0.05, 0.1) is 11.9 Å². The molecular formula is C17H24N4O3. The van der Waals surface area contributed by atoms with E-state index in [1.54, 1.807) is 11.1 Å². The number of nitrogens with zero attached hydrogens (tertiary/aromatic N) is 4. The van der Waals surface area contributed by atoms with E-state index in [0.717, 1.165) is 36.8 Å². The largest absolute Gasteiger partial charge is 0.448 e. The second-order valence-corrected chi connectivity index (χ2v) is 7.20. The van der Waals surface area contributed by atoms with Gasteiger partial charge in [0.15, 0.2) is 6.39 Å². The molecule has 1 amide bonds. The van der Waals surface area contributed by atoms with Crippen molar-refractivity contribution in [1.82, 2.24) is 19.8 Å². The first-order chi connectivity index (χ1) is 11.3. The molecule has 3 rings (SSSR count). The molecule has 0 aromatic carbocycles. The van der Waals surface area contributed by atoms with Crippen molar-refractivity contribution < 1.29 is 13.6 Å². The molecule has 24 heavy (non-hydrogen) atoms. The van der Waals surface area contributed by atoms with Crippen LogP contribution < -0.4 is 0 Å². The molecule has 2 aromatic rings. The summed E-state index contributed by atoms with van der Waals surface area (Å²) < 4.78 is 10.9. The fraction of sp³-hybridized carbons (Fsp3) is 0.588. The summed E-state index contributed by atoms with van der Waals surface area (Å²) in [5.41, 5.74) is 0.803. The normalized spacial score (nSPS) is 16.6. The van der Waals surface area contributed by atoms with Gasteiger partial charge in [-0.3, -0.25) is 9.69 Å². The summed E-state index contributed by atoms with van der Waals surface area (Å²) in [5, 5.41) is 0. The minimum absolute atomic E-state index is 0.136. The summed E-state index contributed by atoms with van der Waals surface area (Å²) in [6.07, 6.45) is 3.12. The predicted molar refractivity (Wildman–Crippen MR) is 87.6 cm³/mol. The van der Waals surface area contributed by atoms with Gasteiger partial charge in [0.2, 0.25) is 0 Å². The molecule has 0 spiro atoms. The number of hydrogen-bond acceptors (Lipinski definition) is 6. The Kier molecular flexibility index (Phi) is 4.45. The van der Waals surface area contributed by atoms with E-state index in [-0.39, 0.29) is 17.2 Å². The highest BCUT2D eigenvalue weighted by Crippen LogP contribution is 2.23. The van der Waals surface area contributed by atoms with Gasteiger partial charge < -0.3 is 13.7 Å². The Hall–Kier alpha value is -2.15. The fourth-order valence-corrected chi connectivity index (χ4v) is 2.66. The second kappa shape index (κ2) is 6.39. The molecule has 1 aliphatic rings. The molecule has 0 atom stereocenters. The zero-order valence-corrected chi connectivity index (χ0v) is 14.7. The number of aromatic nitrogens is 2. The van der Waals surface area contributed by atoms with Gasteiger partial charge in [-0.05, 0) is 6.92 Å². The van der Waals surface area contributed by atoms with E-state index in [1.807, 2.05) is 27.7 Å². The molecule has 1 fully saturated rings. The Balaban J connectivity index is 1.57.